The number of fused-ring (bicyclic) bond motifs is 1. The third-order valence-electron chi connectivity index (χ3n) is 4.27. The van der Waals surface area contributed by atoms with Crippen molar-refractivity contribution >= 4 is 23.6 Å². The van der Waals surface area contributed by atoms with Gasteiger partial charge in [0.2, 0.25) is 5.91 Å². The molecule has 0 aromatic heterocycles. The predicted octanol–water partition coefficient (Wildman–Crippen LogP) is 2.79. The van der Waals surface area contributed by atoms with Gasteiger partial charge >= 0.3 is 6.09 Å². The molecule has 3 amide bonds. The van der Waals surface area contributed by atoms with Crippen LogP contribution in [0.5, 0.6) is 0 Å². The largest absolute Gasteiger partial charge is 0.444 e. The van der Waals surface area contributed by atoms with E-state index >= 15 is 0 Å². The van der Waals surface area contributed by atoms with Gasteiger partial charge in [0, 0.05) is 30.4 Å². The number of hydrogen-bond acceptors (Lipinski definition) is 4. The average molecular weight is 387 g/mol. The van der Waals surface area contributed by atoms with Crippen molar-refractivity contribution in [3.05, 3.63) is 42.0 Å². The minimum Gasteiger partial charge on any atom is -0.444 e. The van der Waals surface area contributed by atoms with E-state index in [0.29, 0.717) is 12.1 Å². The minimum absolute atomic E-state index is 0.173. The van der Waals surface area contributed by atoms with Crippen LogP contribution in [0.25, 0.3) is 0 Å². The Morgan fingerprint density at radius 2 is 2.04 bits per heavy atom. The molecule has 2 rings (SSSR count). The van der Waals surface area contributed by atoms with E-state index in [1.54, 1.807) is 44.7 Å². The van der Waals surface area contributed by atoms with Crippen LogP contribution < -0.4 is 15.5 Å². The maximum absolute atomic E-state index is 12.7. The van der Waals surface area contributed by atoms with Crippen molar-refractivity contribution in [2.24, 2.45) is 0 Å². The van der Waals surface area contributed by atoms with Crippen molar-refractivity contribution in [1.82, 2.24) is 10.6 Å². The van der Waals surface area contributed by atoms with Crippen LogP contribution in [0.3, 0.4) is 0 Å². The predicted molar refractivity (Wildman–Crippen MR) is 108 cm³/mol. The zero-order valence-corrected chi connectivity index (χ0v) is 17.0. The molecule has 1 atom stereocenters. The zero-order valence-electron chi connectivity index (χ0n) is 17.0. The van der Waals surface area contributed by atoms with Crippen molar-refractivity contribution in [2.45, 2.75) is 52.2 Å². The lowest BCUT2D eigenvalue weighted by molar-refractivity contribution is -0.114. The van der Waals surface area contributed by atoms with E-state index in [1.165, 1.54) is 6.08 Å². The molecule has 1 heterocycles. The zero-order chi connectivity index (χ0) is 20.9. The summed E-state index contributed by atoms with van der Waals surface area (Å²) in [6.07, 6.45) is 2.27. The molecule has 0 radical (unpaired) electrons. The van der Waals surface area contributed by atoms with E-state index in [9.17, 15) is 14.4 Å². The highest BCUT2D eigenvalue weighted by Crippen LogP contribution is 2.30. The number of hydrogen-bond donors (Lipinski definition) is 2. The van der Waals surface area contributed by atoms with E-state index in [-0.39, 0.29) is 24.4 Å². The first kappa shape index (κ1) is 21.5. The molecular formula is C21H29N3O4. The van der Waals surface area contributed by atoms with Crippen LogP contribution in [-0.4, -0.2) is 42.6 Å². The first-order valence-corrected chi connectivity index (χ1v) is 9.46. The van der Waals surface area contributed by atoms with Gasteiger partial charge in [0.15, 0.2) is 0 Å². The molecule has 0 unspecified atom stereocenters. The number of ether oxygens (including phenoxy) is 1. The van der Waals surface area contributed by atoms with Crippen LogP contribution in [0.2, 0.25) is 0 Å². The van der Waals surface area contributed by atoms with Gasteiger partial charge in [-0.15, -0.1) is 0 Å². The van der Waals surface area contributed by atoms with Crippen LogP contribution in [0.15, 0.2) is 30.9 Å². The van der Waals surface area contributed by atoms with E-state index in [0.717, 1.165) is 24.1 Å². The first-order chi connectivity index (χ1) is 13.1. The normalized spacial score (nSPS) is 14.5. The van der Waals surface area contributed by atoms with Crippen molar-refractivity contribution in [3.8, 4) is 0 Å². The number of nitrogens with one attached hydrogen (secondary N) is 2. The Balaban J connectivity index is 2.03. The lowest BCUT2D eigenvalue weighted by atomic mass is 9.95. The Kier molecular flexibility index (Phi) is 6.83. The topological polar surface area (TPSA) is 87.7 Å². The fourth-order valence-electron chi connectivity index (χ4n) is 3.08. The van der Waals surface area contributed by atoms with Crippen LogP contribution in [0, 0.1) is 0 Å². The summed E-state index contributed by atoms with van der Waals surface area (Å²) in [5.41, 5.74) is 1.58. The van der Waals surface area contributed by atoms with Gasteiger partial charge in [-0.2, -0.15) is 0 Å². The van der Waals surface area contributed by atoms with Gasteiger partial charge in [0.25, 0.3) is 5.91 Å². The smallest absolute Gasteiger partial charge is 0.407 e. The Morgan fingerprint density at radius 3 is 2.68 bits per heavy atom. The minimum atomic E-state index is -0.578. The number of nitrogens with zero attached hydrogens (tertiary/aromatic N) is 1. The Morgan fingerprint density at radius 1 is 1.32 bits per heavy atom. The van der Waals surface area contributed by atoms with E-state index in [2.05, 4.69) is 17.2 Å². The summed E-state index contributed by atoms with van der Waals surface area (Å²) in [6.45, 7) is 11.6. The number of benzene rings is 1. The molecular weight excluding hydrogens is 358 g/mol. The number of anilines is 1. The van der Waals surface area contributed by atoms with Gasteiger partial charge in [-0.1, -0.05) is 12.6 Å². The molecule has 1 aliphatic heterocycles. The maximum atomic E-state index is 12.7. The molecule has 0 fully saturated rings. The average Bonchev–Trinajstić information content (AvgIpc) is 2.62. The van der Waals surface area contributed by atoms with Crippen LogP contribution in [-0.2, 0) is 16.0 Å². The van der Waals surface area contributed by atoms with Gasteiger partial charge in [0.1, 0.15) is 5.60 Å². The van der Waals surface area contributed by atoms with Gasteiger partial charge in [-0.05, 0) is 64.3 Å². The summed E-state index contributed by atoms with van der Waals surface area (Å²) >= 11 is 0. The summed E-state index contributed by atoms with van der Waals surface area (Å²) in [4.78, 5) is 38.2. The molecule has 0 aliphatic carbocycles. The van der Waals surface area contributed by atoms with Crippen molar-refractivity contribution < 1.29 is 19.1 Å². The second kappa shape index (κ2) is 8.91. The fourth-order valence-corrected chi connectivity index (χ4v) is 3.08. The molecule has 2 N–H and O–H groups in total. The van der Waals surface area contributed by atoms with Gasteiger partial charge in [0.05, 0.1) is 0 Å². The highest BCUT2D eigenvalue weighted by atomic mass is 16.6. The maximum Gasteiger partial charge on any atom is 0.407 e. The Hall–Kier alpha value is -2.83. The van der Waals surface area contributed by atoms with Crippen LogP contribution >= 0.6 is 0 Å². The molecule has 28 heavy (non-hydrogen) atoms. The fraction of sp³-hybridized carbons (Fsp3) is 0.476. The van der Waals surface area contributed by atoms with E-state index < -0.39 is 11.7 Å². The molecule has 1 aromatic carbocycles. The van der Waals surface area contributed by atoms with Gasteiger partial charge in [-0.25, -0.2) is 4.79 Å². The Labute approximate surface area is 166 Å². The molecule has 1 aromatic rings. The van der Waals surface area contributed by atoms with Crippen molar-refractivity contribution in [1.29, 1.82) is 0 Å². The SMILES string of the molecule is C=CC(=O)N1CCCc2c(C(=O)NC[C@H](C)NC(=O)OC(C)(C)C)cccc21. The summed E-state index contributed by atoms with van der Waals surface area (Å²) < 4.78 is 5.21. The van der Waals surface area contributed by atoms with E-state index in [4.69, 9.17) is 4.74 Å². The number of carbonyl (C=O) groups excluding carboxylic acids is 3. The molecule has 0 saturated carbocycles. The highest BCUT2D eigenvalue weighted by molar-refractivity contribution is 6.04. The Bertz CT molecular complexity index is 767. The summed E-state index contributed by atoms with van der Waals surface area (Å²) in [5, 5.41) is 5.54. The first-order valence-electron chi connectivity index (χ1n) is 9.46. The van der Waals surface area contributed by atoms with Gasteiger partial charge in [-0.3, -0.25) is 9.59 Å². The molecule has 0 bridgehead atoms. The lowest BCUT2D eigenvalue weighted by Crippen LogP contribution is -2.44. The molecule has 7 nitrogen and oxygen atoms in total. The van der Waals surface area contributed by atoms with Gasteiger partial charge < -0.3 is 20.3 Å². The van der Waals surface area contributed by atoms with Crippen LogP contribution in [0.1, 0.15) is 50.0 Å². The standard InChI is InChI=1S/C21H29N3O4/c1-6-18(25)24-12-8-10-15-16(9-7-11-17(15)24)19(26)22-13-14(2)23-20(27)28-21(3,4)5/h6-7,9,11,14H,1,8,10,12-13H2,2-5H3,(H,22,26)(H,23,27)/t14-/m0/s1. The highest BCUT2D eigenvalue weighted by Gasteiger charge is 2.25. The molecule has 1 aliphatic rings. The molecule has 0 spiro atoms. The summed E-state index contributed by atoms with van der Waals surface area (Å²) in [7, 11) is 0. The second-order valence-corrected chi connectivity index (χ2v) is 7.86. The third kappa shape index (κ3) is 5.58. The summed E-state index contributed by atoms with van der Waals surface area (Å²) in [6, 6.07) is 5.07. The quantitative estimate of drug-likeness (QED) is 0.761. The van der Waals surface area contributed by atoms with Crippen molar-refractivity contribution in [3.63, 3.8) is 0 Å². The third-order valence-corrected chi connectivity index (χ3v) is 4.27. The van der Waals surface area contributed by atoms with Crippen molar-refractivity contribution in [2.75, 3.05) is 18.0 Å². The second-order valence-electron chi connectivity index (χ2n) is 7.86. The molecule has 7 heteroatoms. The number of rotatable bonds is 5. The van der Waals surface area contributed by atoms with E-state index in [1.807, 2.05) is 6.07 Å². The monoisotopic (exact) mass is 387 g/mol. The lowest BCUT2D eigenvalue weighted by Gasteiger charge is -2.30. The van der Waals surface area contributed by atoms with Crippen LogP contribution in [0.4, 0.5) is 10.5 Å². The molecule has 152 valence electrons. The number of amides is 3. The number of carbonyl (C=O) groups is 3. The number of alkyl carbamates (subject to hydrolysis) is 1. The molecule has 0 saturated heterocycles. The summed E-state index contributed by atoms with van der Waals surface area (Å²) in [5.74, 6) is -0.406.